The Morgan fingerprint density at radius 2 is 1.89 bits per heavy atom. The minimum atomic E-state index is -0.307. The number of benzene rings is 1. The SMILES string of the molecule is CN=C(NCc1ccnc(Oc2ccc(F)cc2)c1)NCC(C)(C)OC.I. The average molecular weight is 488 g/mol. The molecule has 148 valence electrons. The fourth-order valence-corrected chi connectivity index (χ4v) is 2.01. The lowest BCUT2D eigenvalue weighted by Gasteiger charge is -2.24. The first-order valence-electron chi connectivity index (χ1n) is 8.30. The molecule has 0 amide bonds. The van der Waals surface area contributed by atoms with Gasteiger partial charge in [0.05, 0.1) is 5.60 Å². The maximum Gasteiger partial charge on any atom is 0.219 e. The predicted molar refractivity (Wildman–Crippen MR) is 115 cm³/mol. The number of rotatable bonds is 7. The van der Waals surface area contributed by atoms with Crippen molar-refractivity contribution >= 4 is 29.9 Å². The number of nitrogens with zero attached hydrogens (tertiary/aromatic N) is 2. The number of nitrogens with one attached hydrogen (secondary N) is 2. The van der Waals surface area contributed by atoms with E-state index < -0.39 is 0 Å². The van der Waals surface area contributed by atoms with Crippen LogP contribution in [0, 0.1) is 5.82 Å². The third-order valence-electron chi connectivity index (χ3n) is 3.75. The summed E-state index contributed by atoms with van der Waals surface area (Å²) in [6, 6.07) is 9.52. The summed E-state index contributed by atoms with van der Waals surface area (Å²) in [5.74, 6) is 1.34. The van der Waals surface area contributed by atoms with Crippen LogP contribution in [0.5, 0.6) is 11.6 Å². The van der Waals surface area contributed by atoms with E-state index >= 15 is 0 Å². The van der Waals surface area contributed by atoms with Crippen LogP contribution >= 0.6 is 24.0 Å². The largest absolute Gasteiger partial charge is 0.439 e. The van der Waals surface area contributed by atoms with E-state index in [4.69, 9.17) is 9.47 Å². The highest BCUT2D eigenvalue weighted by Gasteiger charge is 2.16. The molecule has 6 nitrogen and oxygen atoms in total. The molecular weight excluding hydrogens is 462 g/mol. The molecule has 2 aromatic rings. The number of pyridine rings is 1. The summed E-state index contributed by atoms with van der Waals surface area (Å²) in [5.41, 5.74) is 0.691. The summed E-state index contributed by atoms with van der Waals surface area (Å²) < 4.78 is 24.0. The van der Waals surface area contributed by atoms with Crippen LogP contribution in [0.1, 0.15) is 19.4 Å². The van der Waals surface area contributed by atoms with Crippen molar-refractivity contribution in [1.82, 2.24) is 15.6 Å². The van der Waals surface area contributed by atoms with Crippen molar-refractivity contribution in [1.29, 1.82) is 0 Å². The first-order chi connectivity index (χ1) is 12.4. The number of guanidine groups is 1. The molecule has 0 aliphatic heterocycles. The van der Waals surface area contributed by atoms with Gasteiger partial charge in [0.25, 0.3) is 0 Å². The molecular formula is C19H26FIN4O2. The number of hydrogen-bond donors (Lipinski definition) is 2. The van der Waals surface area contributed by atoms with Gasteiger partial charge >= 0.3 is 0 Å². The first kappa shape index (κ1) is 23.1. The van der Waals surface area contributed by atoms with E-state index in [2.05, 4.69) is 20.6 Å². The summed E-state index contributed by atoms with van der Waals surface area (Å²) in [4.78, 5) is 8.37. The van der Waals surface area contributed by atoms with E-state index in [0.29, 0.717) is 30.7 Å². The molecule has 0 atom stereocenters. The summed E-state index contributed by atoms with van der Waals surface area (Å²) >= 11 is 0. The van der Waals surface area contributed by atoms with E-state index in [1.165, 1.54) is 12.1 Å². The van der Waals surface area contributed by atoms with Crippen LogP contribution in [0.15, 0.2) is 47.6 Å². The van der Waals surface area contributed by atoms with Crippen LogP contribution < -0.4 is 15.4 Å². The van der Waals surface area contributed by atoms with Crippen LogP contribution in [0.2, 0.25) is 0 Å². The Balaban J connectivity index is 0.00000364. The van der Waals surface area contributed by atoms with Gasteiger partial charge in [0.1, 0.15) is 11.6 Å². The van der Waals surface area contributed by atoms with E-state index in [9.17, 15) is 4.39 Å². The monoisotopic (exact) mass is 488 g/mol. The fraction of sp³-hybridized carbons (Fsp3) is 0.368. The molecule has 1 aromatic heterocycles. The molecule has 0 radical (unpaired) electrons. The highest BCUT2D eigenvalue weighted by Crippen LogP contribution is 2.20. The van der Waals surface area contributed by atoms with Gasteiger partial charge < -0.3 is 20.1 Å². The molecule has 1 aromatic carbocycles. The quantitative estimate of drug-likeness (QED) is 0.354. The molecule has 1 heterocycles. The first-order valence-corrected chi connectivity index (χ1v) is 8.30. The lowest BCUT2D eigenvalue weighted by atomic mass is 10.1. The van der Waals surface area contributed by atoms with E-state index in [0.717, 1.165) is 5.56 Å². The molecule has 2 rings (SSSR count). The Labute approximate surface area is 176 Å². The van der Waals surface area contributed by atoms with E-state index in [-0.39, 0.29) is 35.4 Å². The van der Waals surface area contributed by atoms with Crippen molar-refractivity contribution in [2.24, 2.45) is 4.99 Å². The second-order valence-electron chi connectivity index (χ2n) is 6.30. The van der Waals surface area contributed by atoms with Crippen LogP contribution in [-0.2, 0) is 11.3 Å². The molecule has 27 heavy (non-hydrogen) atoms. The van der Waals surface area contributed by atoms with Gasteiger partial charge in [-0.3, -0.25) is 4.99 Å². The summed E-state index contributed by atoms with van der Waals surface area (Å²) in [6.45, 7) is 5.16. The van der Waals surface area contributed by atoms with Gasteiger partial charge in [-0.2, -0.15) is 0 Å². The lowest BCUT2D eigenvalue weighted by molar-refractivity contribution is 0.0268. The topological polar surface area (TPSA) is 67.8 Å². The van der Waals surface area contributed by atoms with Crippen LogP contribution in [0.3, 0.4) is 0 Å². The van der Waals surface area contributed by atoms with E-state index in [1.54, 1.807) is 32.5 Å². The number of halogens is 2. The van der Waals surface area contributed by atoms with Gasteiger partial charge in [0.2, 0.25) is 5.88 Å². The molecule has 0 aliphatic rings. The Bertz CT molecular complexity index is 739. The molecule has 0 saturated carbocycles. The predicted octanol–water partition coefficient (Wildman–Crippen LogP) is 3.72. The Hall–Kier alpha value is -1.94. The molecule has 2 N–H and O–H groups in total. The maximum atomic E-state index is 13.0. The molecule has 0 unspecified atom stereocenters. The zero-order valence-corrected chi connectivity index (χ0v) is 18.3. The summed E-state index contributed by atoms with van der Waals surface area (Å²) in [6.07, 6.45) is 1.67. The maximum absolute atomic E-state index is 13.0. The van der Waals surface area contributed by atoms with Crippen molar-refractivity contribution < 1.29 is 13.9 Å². The van der Waals surface area contributed by atoms with Gasteiger partial charge in [0, 0.05) is 39.5 Å². The third-order valence-corrected chi connectivity index (χ3v) is 3.75. The van der Waals surface area contributed by atoms with Crippen molar-refractivity contribution in [3.63, 3.8) is 0 Å². The van der Waals surface area contributed by atoms with Gasteiger partial charge in [-0.1, -0.05) is 0 Å². The standard InChI is InChI=1S/C19H25FN4O2.HI/c1-19(2,25-4)13-24-18(21-3)23-12-14-9-10-22-17(11-14)26-16-7-5-15(20)6-8-16;/h5-11H,12-13H2,1-4H3,(H2,21,23,24);1H. The van der Waals surface area contributed by atoms with Gasteiger partial charge in [-0.05, 0) is 49.7 Å². The Morgan fingerprint density at radius 1 is 1.19 bits per heavy atom. The Morgan fingerprint density at radius 3 is 2.52 bits per heavy atom. The molecule has 0 spiro atoms. The smallest absolute Gasteiger partial charge is 0.219 e. The second kappa shape index (κ2) is 11.0. The van der Waals surface area contributed by atoms with Crippen LogP contribution in [-0.4, -0.2) is 37.2 Å². The van der Waals surface area contributed by atoms with Crippen LogP contribution in [0.4, 0.5) is 4.39 Å². The highest BCUT2D eigenvalue weighted by molar-refractivity contribution is 14.0. The fourth-order valence-electron chi connectivity index (χ4n) is 2.01. The minimum absolute atomic E-state index is 0. The van der Waals surface area contributed by atoms with Crippen molar-refractivity contribution in [3.8, 4) is 11.6 Å². The average Bonchev–Trinajstić information content (AvgIpc) is 2.64. The normalized spacial score (nSPS) is 11.5. The summed E-state index contributed by atoms with van der Waals surface area (Å²) in [5, 5.41) is 6.45. The molecule has 0 saturated heterocycles. The Kier molecular flexibility index (Phi) is 9.44. The van der Waals surface area contributed by atoms with Gasteiger partial charge in [-0.25, -0.2) is 9.37 Å². The number of aromatic nitrogens is 1. The highest BCUT2D eigenvalue weighted by atomic mass is 127. The lowest BCUT2D eigenvalue weighted by Crippen LogP contribution is -2.45. The van der Waals surface area contributed by atoms with Crippen molar-refractivity contribution in [2.75, 3.05) is 20.7 Å². The van der Waals surface area contributed by atoms with Crippen molar-refractivity contribution in [2.45, 2.75) is 26.0 Å². The van der Waals surface area contributed by atoms with E-state index in [1.807, 2.05) is 26.0 Å². The van der Waals surface area contributed by atoms with Crippen LogP contribution in [0.25, 0.3) is 0 Å². The summed E-state index contributed by atoms with van der Waals surface area (Å²) in [7, 11) is 3.39. The number of methoxy groups -OCH3 is 1. The molecule has 8 heteroatoms. The second-order valence-corrected chi connectivity index (χ2v) is 6.30. The minimum Gasteiger partial charge on any atom is -0.439 e. The third kappa shape index (κ3) is 8.08. The van der Waals surface area contributed by atoms with Gasteiger partial charge in [0.15, 0.2) is 5.96 Å². The van der Waals surface area contributed by atoms with Crippen molar-refractivity contribution in [3.05, 3.63) is 54.0 Å². The zero-order valence-electron chi connectivity index (χ0n) is 16.0. The zero-order chi connectivity index (χ0) is 19.0. The molecule has 0 bridgehead atoms. The van der Waals surface area contributed by atoms with Gasteiger partial charge in [-0.15, -0.1) is 24.0 Å². The number of aliphatic imine (C=N–C) groups is 1. The number of ether oxygens (including phenoxy) is 2. The number of hydrogen-bond acceptors (Lipinski definition) is 4. The molecule has 0 aliphatic carbocycles. The molecule has 0 fully saturated rings.